The summed E-state index contributed by atoms with van der Waals surface area (Å²) in [6.07, 6.45) is -19.6. The average Bonchev–Trinajstić information content (AvgIpc) is 2.94. The molecular weight excluding hydrogens is 718 g/mol. The van der Waals surface area contributed by atoms with Crippen LogP contribution in [0.25, 0.3) is 11.3 Å². The first-order valence-electron chi connectivity index (χ1n) is 12.9. The number of amides is 1. The molecule has 2 atom stereocenters. The van der Waals surface area contributed by atoms with Crippen molar-refractivity contribution in [1.29, 1.82) is 0 Å². The zero-order valence-electron chi connectivity index (χ0n) is 23.0. The molecule has 1 amide bonds. The number of hydrogen-bond acceptors (Lipinski definition) is 5. The fourth-order valence-corrected chi connectivity index (χ4v) is 5.10. The first kappa shape index (κ1) is 35.2. The van der Waals surface area contributed by atoms with E-state index in [0.717, 1.165) is 18.1 Å². The number of nitrogens with one attached hydrogen (secondary N) is 1. The molecule has 0 bridgehead atoms. The summed E-state index contributed by atoms with van der Waals surface area (Å²) in [6, 6.07) is 1.47. The van der Waals surface area contributed by atoms with Crippen LogP contribution in [0.4, 0.5) is 58.6 Å². The van der Waals surface area contributed by atoms with Crippen molar-refractivity contribution in [2.24, 2.45) is 0 Å². The van der Waals surface area contributed by atoms with Crippen LogP contribution in [0.2, 0.25) is 0 Å². The summed E-state index contributed by atoms with van der Waals surface area (Å²) in [4.78, 5) is 22.9. The summed E-state index contributed by atoms with van der Waals surface area (Å²) in [5.74, 6) is -1.62. The molecule has 1 saturated heterocycles. The number of alkyl halides is 12. The van der Waals surface area contributed by atoms with E-state index in [9.17, 15) is 57.5 Å². The quantitative estimate of drug-likeness (QED) is 0.275. The lowest BCUT2D eigenvalue weighted by Crippen LogP contribution is -2.65. The number of hydrogen-bond donors (Lipinski definition) is 1. The Bertz CT molecular complexity index is 1530. The summed E-state index contributed by atoms with van der Waals surface area (Å²) in [6.45, 7) is -2.80. The number of benzene rings is 2. The Morgan fingerprint density at radius 3 is 1.89 bits per heavy atom. The molecule has 4 rings (SSSR count). The van der Waals surface area contributed by atoms with Crippen molar-refractivity contribution in [3.8, 4) is 11.3 Å². The molecule has 2 aromatic carbocycles. The third-order valence-corrected chi connectivity index (χ3v) is 7.52. The molecule has 0 saturated carbocycles. The summed E-state index contributed by atoms with van der Waals surface area (Å²) < 4.78 is 162. The molecule has 0 spiro atoms. The molecule has 19 heteroatoms. The standard InChI is InChI=1S/C27H20BrF12N5O/c1-44(10-13-6-14(24(29,30)31)8-15(7-13)25(32,33)34)22(46)17-9-41-23(43-21(17)16-4-2-3-5-18(16)28)45-11-19(26(35,36)37)42-20(12-45)27(38,39)40/h2-9,19-20,42H,10-12H2,1H3/t19-,20+. The summed E-state index contributed by atoms with van der Waals surface area (Å²) in [5.41, 5.74) is -4.28. The highest BCUT2D eigenvalue weighted by atomic mass is 79.9. The Morgan fingerprint density at radius 2 is 1.41 bits per heavy atom. The molecule has 1 aromatic heterocycles. The second-order valence-corrected chi connectivity index (χ2v) is 11.1. The maximum Gasteiger partial charge on any atom is 0.416 e. The van der Waals surface area contributed by atoms with Crippen molar-refractivity contribution in [3.63, 3.8) is 0 Å². The van der Waals surface area contributed by atoms with Gasteiger partial charge in [-0.1, -0.05) is 34.1 Å². The highest BCUT2D eigenvalue weighted by molar-refractivity contribution is 9.10. The number of halogens is 13. The van der Waals surface area contributed by atoms with E-state index in [4.69, 9.17) is 0 Å². The van der Waals surface area contributed by atoms with E-state index in [2.05, 4.69) is 25.9 Å². The van der Waals surface area contributed by atoms with Gasteiger partial charge in [0.1, 0.15) is 12.1 Å². The van der Waals surface area contributed by atoms with Gasteiger partial charge in [0.25, 0.3) is 5.91 Å². The second-order valence-electron chi connectivity index (χ2n) is 10.2. The Hall–Kier alpha value is -3.61. The molecule has 1 N–H and O–H groups in total. The van der Waals surface area contributed by atoms with Crippen LogP contribution in [-0.2, 0) is 18.9 Å². The van der Waals surface area contributed by atoms with Crippen molar-refractivity contribution < 1.29 is 57.5 Å². The van der Waals surface area contributed by atoms with Gasteiger partial charge >= 0.3 is 24.7 Å². The lowest BCUT2D eigenvalue weighted by Gasteiger charge is -2.40. The molecule has 3 aromatic rings. The normalized spacial score (nSPS) is 18.1. The number of anilines is 1. The maximum atomic E-state index is 13.5. The highest BCUT2D eigenvalue weighted by Crippen LogP contribution is 2.37. The van der Waals surface area contributed by atoms with Crippen LogP contribution in [0.5, 0.6) is 0 Å². The van der Waals surface area contributed by atoms with Crippen LogP contribution in [0.15, 0.2) is 53.1 Å². The lowest BCUT2D eigenvalue weighted by atomic mass is 10.0. The van der Waals surface area contributed by atoms with Crippen LogP contribution < -0.4 is 10.2 Å². The summed E-state index contributed by atoms with van der Waals surface area (Å²) in [7, 11) is 1.06. The smallest absolute Gasteiger partial charge is 0.337 e. The van der Waals surface area contributed by atoms with Gasteiger partial charge in [0.2, 0.25) is 5.95 Å². The molecule has 0 unspecified atom stereocenters. The molecule has 6 nitrogen and oxygen atoms in total. The number of carbonyl (C=O) groups excluding carboxylic acids is 1. The van der Waals surface area contributed by atoms with E-state index in [1.165, 1.54) is 23.5 Å². The van der Waals surface area contributed by atoms with E-state index >= 15 is 0 Å². The van der Waals surface area contributed by atoms with Crippen LogP contribution in [0, 0.1) is 0 Å². The van der Waals surface area contributed by atoms with E-state index < -0.39 is 90.5 Å². The predicted octanol–water partition coefficient (Wildman–Crippen LogP) is 7.49. The maximum absolute atomic E-state index is 13.5. The zero-order valence-corrected chi connectivity index (χ0v) is 24.6. The van der Waals surface area contributed by atoms with Crippen LogP contribution >= 0.6 is 15.9 Å². The Balaban J connectivity index is 1.75. The monoisotopic (exact) mass is 737 g/mol. The van der Waals surface area contributed by atoms with Crippen molar-refractivity contribution in [2.75, 3.05) is 25.0 Å². The minimum Gasteiger partial charge on any atom is -0.337 e. The number of rotatable bonds is 5. The summed E-state index contributed by atoms with van der Waals surface area (Å²) >= 11 is 3.23. The van der Waals surface area contributed by atoms with E-state index in [-0.39, 0.29) is 21.8 Å². The van der Waals surface area contributed by atoms with Crippen LogP contribution in [0.3, 0.4) is 0 Å². The third kappa shape index (κ3) is 8.02. The second kappa shape index (κ2) is 12.5. The van der Waals surface area contributed by atoms with E-state index in [1.54, 1.807) is 6.07 Å². The third-order valence-electron chi connectivity index (χ3n) is 6.83. The van der Waals surface area contributed by atoms with Gasteiger partial charge in [-0.2, -0.15) is 52.7 Å². The lowest BCUT2D eigenvalue weighted by molar-refractivity contribution is -0.190. The SMILES string of the molecule is CN(Cc1cc(C(F)(F)F)cc(C(F)(F)F)c1)C(=O)c1cnc(N2C[C@@H](C(F)(F)F)N[C@@H](C(F)(F)F)C2)nc1-c1ccccc1Br. The van der Waals surface area contributed by atoms with E-state index in [1.807, 2.05) is 0 Å². The van der Waals surface area contributed by atoms with Gasteiger partial charge in [-0.15, -0.1) is 0 Å². The average molecular weight is 738 g/mol. The molecule has 1 aliphatic heterocycles. The molecule has 46 heavy (non-hydrogen) atoms. The molecule has 1 fully saturated rings. The Labute approximate surface area is 260 Å². The van der Waals surface area contributed by atoms with Gasteiger partial charge in [-0.25, -0.2) is 9.97 Å². The molecule has 2 heterocycles. The minimum atomic E-state index is -5.14. The Morgan fingerprint density at radius 1 is 0.891 bits per heavy atom. The number of nitrogens with zero attached hydrogens (tertiary/aromatic N) is 4. The first-order valence-corrected chi connectivity index (χ1v) is 13.6. The fraction of sp³-hybridized carbons (Fsp3) is 0.370. The predicted molar refractivity (Wildman–Crippen MR) is 142 cm³/mol. The van der Waals surface area contributed by atoms with Gasteiger partial charge < -0.3 is 9.80 Å². The van der Waals surface area contributed by atoms with Crippen molar-refractivity contribution in [3.05, 3.63) is 75.4 Å². The van der Waals surface area contributed by atoms with Gasteiger partial charge in [-0.05, 0) is 29.8 Å². The fourth-order valence-electron chi connectivity index (χ4n) is 4.62. The van der Waals surface area contributed by atoms with E-state index in [0.29, 0.717) is 17.0 Å². The van der Waals surface area contributed by atoms with Gasteiger partial charge in [0.15, 0.2) is 0 Å². The summed E-state index contributed by atoms with van der Waals surface area (Å²) in [5, 5.41) is 1.53. The highest BCUT2D eigenvalue weighted by Gasteiger charge is 2.52. The molecule has 250 valence electrons. The van der Waals surface area contributed by atoms with Gasteiger partial charge in [-0.3, -0.25) is 10.1 Å². The molecular formula is C27H20BrF12N5O. The number of aromatic nitrogens is 2. The topological polar surface area (TPSA) is 61.4 Å². The zero-order chi connectivity index (χ0) is 34.4. The number of piperazine rings is 1. The number of carbonyl (C=O) groups is 1. The van der Waals surface area contributed by atoms with Gasteiger partial charge in [0.05, 0.1) is 22.4 Å². The first-order chi connectivity index (χ1) is 21.1. The minimum absolute atomic E-state index is 0.0777. The van der Waals surface area contributed by atoms with Crippen LogP contribution in [-0.4, -0.2) is 65.3 Å². The Kier molecular flexibility index (Phi) is 9.61. The van der Waals surface area contributed by atoms with Crippen molar-refractivity contribution >= 4 is 27.8 Å². The molecule has 1 aliphatic rings. The molecule has 0 radical (unpaired) electrons. The van der Waals surface area contributed by atoms with Crippen LogP contribution in [0.1, 0.15) is 27.0 Å². The van der Waals surface area contributed by atoms with Crippen molar-refractivity contribution in [1.82, 2.24) is 20.2 Å². The van der Waals surface area contributed by atoms with Crippen molar-refractivity contribution in [2.45, 2.75) is 43.3 Å². The van der Waals surface area contributed by atoms with Gasteiger partial charge in [0, 0.05) is 42.9 Å². The molecule has 0 aliphatic carbocycles. The largest absolute Gasteiger partial charge is 0.416 e.